The summed E-state index contributed by atoms with van der Waals surface area (Å²) in [6, 6.07) is -0.568. The average molecular weight is 358 g/mol. The number of aliphatic carboxylic acids is 1. The normalized spacial score (nSPS) is 16.0. The number of carbonyl (C=O) groups is 2. The topological polar surface area (TPSA) is 63.6 Å². The number of ether oxygens (including phenoxy) is 1. The summed E-state index contributed by atoms with van der Waals surface area (Å²) in [6.45, 7) is 2.14. The summed E-state index contributed by atoms with van der Waals surface area (Å²) in [5.74, 6) is -1.24. The van der Waals surface area contributed by atoms with Gasteiger partial charge in [-0.05, 0) is 6.42 Å². The van der Waals surface area contributed by atoms with E-state index in [-0.39, 0.29) is 15.2 Å². The molecule has 0 amide bonds. The highest BCUT2D eigenvalue weighted by Crippen LogP contribution is 2.23. The Balaban J connectivity index is 4.55. The molecule has 0 saturated heterocycles. The molecule has 0 saturated carbocycles. The summed E-state index contributed by atoms with van der Waals surface area (Å²) in [7, 11) is 3.05. The van der Waals surface area contributed by atoms with Crippen LogP contribution in [-0.2, 0) is 14.3 Å². The van der Waals surface area contributed by atoms with Crippen LogP contribution in [0.5, 0.6) is 0 Å². The summed E-state index contributed by atoms with van der Waals surface area (Å²) in [6.07, 6.45) is 3.51. The molecule has 0 bridgehead atoms. The molecule has 2 unspecified atom stereocenters. The molecule has 0 aromatic heterocycles. The van der Waals surface area contributed by atoms with Gasteiger partial charge in [-0.2, -0.15) is 0 Å². The molecule has 0 radical (unpaired) electrons. The Morgan fingerprint density at radius 2 is 2.00 bits per heavy atom. The number of nitrogens with zero attached hydrogens (tertiary/aromatic N) is 1. The van der Waals surface area contributed by atoms with E-state index in [1.165, 1.54) is 7.11 Å². The van der Waals surface area contributed by atoms with Gasteiger partial charge in [-0.1, -0.05) is 19.8 Å². The van der Waals surface area contributed by atoms with Gasteiger partial charge in [-0.15, -0.1) is 0 Å². The fourth-order valence-electron chi connectivity index (χ4n) is 1.64. The van der Waals surface area contributed by atoms with E-state index < -0.39 is 12.0 Å². The molecular weight excluding hydrogens is 337 g/mol. The van der Waals surface area contributed by atoms with Crippen molar-refractivity contribution in [1.29, 1.82) is 0 Å². The molecule has 0 spiro atoms. The molecule has 5 nitrogen and oxygen atoms in total. The maximum atomic E-state index is 11.2. The standard InChI is InChI=1S/C11H20INO4/c1-4-5-6-7-9(11(15)16)13(2,12)8-10(14)17-3/h9H,4-8H2,1-3H3/p+1. The second-order valence-electron chi connectivity index (χ2n) is 4.23. The predicted octanol–water partition coefficient (Wildman–Crippen LogP) is 1.99. The van der Waals surface area contributed by atoms with Crippen molar-refractivity contribution in [3.63, 3.8) is 0 Å². The Bertz CT molecular complexity index is 268. The molecule has 2 atom stereocenters. The van der Waals surface area contributed by atoms with Gasteiger partial charge in [0.15, 0.2) is 12.6 Å². The van der Waals surface area contributed by atoms with Crippen LogP contribution in [0.1, 0.15) is 32.6 Å². The molecule has 6 heteroatoms. The number of hydrogen-bond donors (Lipinski definition) is 1. The molecule has 0 aliphatic rings. The van der Waals surface area contributed by atoms with Gasteiger partial charge in [0.05, 0.1) is 14.2 Å². The summed E-state index contributed by atoms with van der Waals surface area (Å²) >= 11 is 2.00. The van der Waals surface area contributed by atoms with Gasteiger partial charge in [0, 0.05) is 6.42 Å². The lowest BCUT2D eigenvalue weighted by molar-refractivity contribution is -0.743. The molecular formula is C11H21INO4+. The molecule has 17 heavy (non-hydrogen) atoms. The molecule has 100 valence electrons. The first-order valence-corrected chi connectivity index (χ1v) is 6.66. The van der Waals surface area contributed by atoms with Crippen molar-refractivity contribution < 1.29 is 22.1 Å². The predicted molar refractivity (Wildman–Crippen MR) is 72.7 cm³/mol. The lowest BCUT2D eigenvalue weighted by Crippen LogP contribution is -2.50. The first-order chi connectivity index (χ1) is 7.85. The minimum Gasteiger partial charge on any atom is -0.477 e. The van der Waals surface area contributed by atoms with E-state index in [1.54, 1.807) is 7.05 Å². The van der Waals surface area contributed by atoms with Gasteiger partial charge in [-0.3, -0.25) is 0 Å². The van der Waals surface area contributed by atoms with Gasteiger partial charge in [0.2, 0.25) is 22.9 Å². The van der Waals surface area contributed by atoms with Crippen LogP contribution in [-0.4, -0.2) is 46.5 Å². The van der Waals surface area contributed by atoms with E-state index in [0.29, 0.717) is 6.42 Å². The van der Waals surface area contributed by atoms with Gasteiger partial charge in [-0.25, -0.2) is 12.3 Å². The highest BCUT2D eigenvalue weighted by atomic mass is 127. The van der Waals surface area contributed by atoms with Crippen LogP contribution >= 0.6 is 22.9 Å². The third kappa shape index (κ3) is 6.21. The van der Waals surface area contributed by atoms with E-state index in [1.807, 2.05) is 22.9 Å². The molecule has 0 aromatic rings. The number of esters is 1. The van der Waals surface area contributed by atoms with Crippen LogP contribution in [0.25, 0.3) is 0 Å². The van der Waals surface area contributed by atoms with E-state index in [0.717, 1.165) is 19.3 Å². The van der Waals surface area contributed by atoms with Gasteiger partial charge in [0.1, 0.15) is 0 Å². The Labute approximate surface area is 116 Å². The van der Waals surface area contributed by atoms with Crippen molar-refractivity contribution in [1.82, 2.24) is 0 Å². The molecule has 0 heterocycles. The maximum absolute atomic E-state index is 11.2. The Kier molecular flexibility index (Phi) is 7.69. The van der Waals surface area contributed by atoms with Crippen molar-refractivity contribution in [3.05, 3.63) is 0 Å². The smallest absolute Gasteiger partial charge is 0.363 e. The SMILES string of the molecule is CCCCCC(C(=O)O)[N+](C)(I)CC(=O)OC. The Hall–Kier alpha value is -0.370. The summed E-state index contributed by atoms with van der Waals surface area (Å²) in [5.41, 5.74) is 0. The van der Waals surface area contributed by atoms with E-state index >= 15 is 0 Å². The summed E-state index contributed by atoms with van der Waals surface area (Å²) < 4.78 is 4.69. The zero-order valence-electron chi connectivity index (χ0n) is 10.6. The summed E-state index contributed by atoms with van der Waals surface area (Å²) in [4.78, 5) is 22.5. The molecule has 0 rings (SSSR count). The number of unbranched alkanes of at least 4 members (excludes halogenated alkanes) is 2. The highest BCUT2D eigenvalue weighted by molar-refractivity contribution is 14.1. The Morgan fingerprint density at radius 1 is 1.41 bits per heavy atom. The fourth-order valence-corrected chi connectivity index (χ4v) is 2.43. The van der Waals surface area contributed by atoms with E-state index in [9.17, 15) is 14.7 Å². The second-order valence-corrected chi connectivity index (χ2v) is 6.43. The number of methoxy groups -OCH3 is 1. The number of rotatable bonds is 8. The number of carboxylic acids is 1. The van der Waals surface area contributed by atoms with Crippen LogP contribution in [0.3, 0.4) is 0 Å². The van der Waals surface area contributed by atoms with E-state index in [2.05, 4.69) is 11.7 Å². The number of hydrogen-bond acceptors (Lipinski definition) is 3. The second kappa shape index (κ2) is 7.86. The first-order valence-electron chi connectivity index (χ1n) is 5.69. The van der Waals surface area contributed by atoms with Gasteiger partial charge < -0.3 is 9.84 Å². The number of halogens is 1. The average Bonchev–Trinajstić information content (AvgIpc) is 2.22. The van der Waals surface area contributed by atoms with Crippen LogP contribution in [0.4, 0.5) is 0 Å². The molecule has 0 aromatic carbocycles. The monoisotopic (exact) mass is 358 g/mol. The minimum atomic E-state index is -0.859. The minimum absolute atomic E-state index is 0.0696. The van der Waals surface area contributed by atoms with Crippen molar-refractivity contribution in [3.8, 4) is 0 Å². The van der Waals surface area contributed by atoms with Gasteiger partial charge >= 0.3 is 11.9 Å². The third-order valence-corrected chi connectivity index (χ3v) is 3.70. The Morgan fingerprint density at radius 3 is 2.41 bits per heavy atom. The maximum Gasteiger partial charge on any atom is 0.363 e. The van der Waals surface area contributed by atoms with Crippen molar-refractivity contribution in [2.45, 2.75) is 38.6 Å². The quantitative estimate of drug-likeness (QED) is 0.312. The lowest BCUT2D eigenvalue weighted by atomic mass is 10.1. The van der Waals surface area contributed by atoms with Gasteiger partial charge in [0.25, 0.3) is 0 Å². The van der Waals surface area contributed by atoms with Crippen LogP contribution in [0, 0.1) is 0 Å². The molecule has 1 N–H and O–H groups in total. The zero-order valence-corrected chi connectivity index (χ0v) is 12.8. The van der Waals surface area contributed by atoms with Crippen molar-refractivity contribution in [2.24, 2.45) is 0 Å². The van der Waals surface area contributed by atoms with Crippen molar-refractivity contribution in [2.75, 3.05) is 20.7 Å². The van der Waals surface area contributed by atoms with Crippen LogP contribution in [0.15, 0.2) is 0 Å². The van der Waals surface area contributed by atoms with Crippen LogP contribution < -0.4 is 0 Å². The number of likely N-dealkylation sites (N-methyl/N-ethyl adjacent to an activating group) is 1. The number of carbonyl (C=O) groups excluding carboxylic acids is 1. The lowest BCUT2D eigenvalue weighted by Gasteiger charge is -2.30. The molecule has 0 aliphatic carbocycles. The zero-order chi connectivity index (χ0) is 13.5. The van der Waals surface area contributed by atoms with E-state index in [4.69, 9.17) is 0 Å². The number of quaternary nitrogens is 1. The van der Waals surface area contributed by atoms with Crippen molar-refractivity contribution >= 4 is 34.8 Å². The van der Waals surface area contributed by atoms with Crippen LogP contribution in [0.2, 0.25) is 0 Å². The highest BCUT2D eigenvalue weighted by Gasteiger charge is 2.38. The first kappa shape index (κ1) is 16.6. The molecule has 0 aliphatic heterocycles. The molecule has 0 fully saturated rings. The largest absolute Gasteiger partial charge is 0.477 e. The fraction of sp³-hybridized carbons (Fsp3) is 0.818. The summed E-state index contributed by atoms with van der Waals surface area (Å²) in [5, 5.41) is 9.22. The number of carboxylic acid groups (broad SMARTS) is 1. The third-order valence-electron chi connectivity index (χ3n) is 2.68.